The number of aliphatic hydroxyl groups is 1. The number of fused-ring (bicyclic) bond motifs is 1. The molecule has 7 heteroatoms. The molecular formula is C11H15BrN4OS. The van der Waals surface area contributed by atoms with Gasteiger partial charge in [0.25, 0.3) is 0 Å². The molecule has 98 valence electrons. The average Bonchev–Trinajstić information content (AvgIpc) is 2.78. The lowest BCUT2D eigenvalue weighted by molar-refractivity contribution is 0.288. The molecule has 0 saturated heterocycles. The topological polar surface area (TPSA) is 62.5 Å². The zero-order valence-electron chi connectivity index (χ0n) is 10.2. The molecular weight excluding hydrogens is 316 g/mol. The predicted octanol–water partition coefficient (Wildman–Crippen LogP) is 2.02. The molecule has 0 spiro atoms. The van der Waals surface area contributed by atoms with Crippen LogP contribution in [-0.4, -0.2) is 43.6 Å². The Morgan fingerprint density at radius 2 is 2.39 bits per heavy atom. The molecule has 0 radical (unpaired) electrons. The quantitative estimate of drug-likeness (QED) is 0.878. The monoisotopic (exact) mass is 330 g/mol. The number of imidazole rings is 1. The molecule has 2 aromatic rings. The molecule has 18 heavy (non-hydrogen) atoms. The first-order valence-electron chi connectivity index (χ1n) is 5.55. The van der Waals surface area contributed by atoms with Crippen LogP contribution in [0.4, 0.5) is 5.82 Å². The third-order valence-electron chi connectivity index (χ3n) is 2.75. The van der Waals surface area contributed by atoms with E-state index in [1.807, 2.05) is 30.0 Å². The molecule has 5 nitrogen and oxygen atoms in total. The average molecular weight is 331 g/mol. The second kappa shape index (κ2) is 5.90. The first-order valence-corrected chi connectivity index (χ1v) is 7.63. The summed E-state index contributed by atoms with van der Waals surface area (Å²) >= 11 is 5.00. The maximum atomic E-state index is 9.29. The van der Waals surface area contributed by atoms with Gasteiger partial charge in [-0.25, -0.2) is 9.97 Å². The molecule has 0 fully saturated rings. The van der Waals surface area contributed by atoms with Crippen molar-refractivity contribution in [1.29, 1.82) is 0 Å². The van der Waals surface area contributed by atoms with Crippen LogP contribution in [0.25, 0.3) is 5.65 Å². The van der Waals surface area contributed by atoms with Gasteiger partial charge in [0.15, 0.2) is 11.5 Å². The molecule has 0 saturated carbocycles. The Morgan fingerprint density at radius 1 is 1.61 bits per heavy atom. The van der Waals surface area contributed by atoms with E-state index in [9.17, 15) is 5.11 Å². The normalized spacial score (nSPS) is 14.7. The molecule has 0 aliphatic carbocycles. The number of anilines is 1. The first-order chi connectivity index (χ1) is 8.65. The van der Waals surface area contributed by atoms with Gasteiger partial charge in [0.2, 0.25) is 0 Å². The van der Waals surface area contributed by atoms with Crippen molar-refractivity contribution in [2.24, 2.45) is 0 Å². The van der Waals surface area contributed by atoms with Crippen molar-refractivity contribution in [2.45, 2.75) is 18.2 Å². The maximum absolute atomic E-state index is 9.29. The summed E-state index contributed by atoms with van der Waals surface area (Å²) in [5.74, 6) is 0.717. The van der Waals surface area contributed by atoms with Crippen molar-refractivity contribution in [1.82, 2.24) is 14.4 Å². The van der Waals surface area contributed by atoms with Crippen LogP contribution < -0.4 is 5.32 Å². The van der Waals surface area contributed by atoms with Gasteiger partial charge in [0.05, 0.1) is 6.61 Å². The van der Waals surface area contributed by atoms with Crippen LogP contribution in [0.2, 0.25) is 0 Å². The number of halogens is 1. The van der Waals surface area contributed by atoms with Crippen LogP contribution in [0.1, 0.15) is 6.92 Å². The second-order valence-electron chi connectivity index (χ2n) is 3.96. The molecule has 2 rings (SSSR count). The highest BCUT2D eigenvalue weighted by atomic mass is 79.9. The SMILES string of the molecule is CSC(CO)C(C)Nc1nc(Br)cn2ccnc12. The Labute approximate surface area is 118 Å². The molecule has 0 aliphatic rings. The number of rotatable bonds is 5. The van der Waals surface area contributed by atoms with E-state index in [1.165, 1.54) is 0 Å². The minimum absolute atomic E-state index is 0.104. The van der Waals surface area contributed by atoms with Gasteiger partial charge in [-0.15, -0.1) is 0 Å². The Balaban J connectivity index is 2.28. The van der Waals surface area contributed by atoms with E-state index in [1.54, 1.807) is 18.0 Å². The van der Waals surface area contributed by atoms with E-state index < -0.39 is 0 Å². The number of hydrogen-bond donors (Lipinski definition) is 2. The first kappa shape index (κ1) is 13.6. The molecule has 0 amide bonds. The highest BCUT2D eigenvalue weighted by Gasteiger charge is 2.17. The molecule has 0 aliphatic heterocycles. The maximum Gasteiger partial charge on any atom is 0.180 e. The van der Waals surface area contributed by atoms with Crippen molar-refractivity contribution in [2.75, 3.05) is 18.2 Å². The van der Waals surface area contributed by atoms with Crippen molar-refractivity contribution in [3.05, 3.63) is 23.2 Å². The lowest BCUT2D eigenvalue weighted by Gasteiger charge is -2.22. The number of nitrogens with one attached hydrogen (secondary N) is 1. The summed E-state index contributed by atoms with van der Waals surface area (Å²) in [6.45, 7) is 2.16. The predicted molar refractivity (Wildman–Crippen MR) is 78.2 cm³/mol. The third kappa shape index (κ3) is 2.78. The Morgan fingerprint density at radius 3 is 3.06 bits per heavy atom. The number of thioether (sulfide) groups is 1. The van der Waals surface area contributed by atoms with Gasteiger partial charge in [-0.05, 0) is 29.1 Å². The summed E-state index contributed by atoms with van der Waals surface area (Å²) < 4.78 is 2.64. The fraction of sp³-hybridized carbons (Fsp3) is 0.455. The van der Waals surface area contributed by atoms with Gasteiger partial charge in [0.1, 0.15) is 4.60 Å². The summed E-state index contributed by atoms with van der Waals surface area (Å²) in [7, 11) is 0. The summed E-state index contributed by atoms with van der Waals surface area (Å²) in [5, 5.41) is 12.7. The number of aliphatic hydroxyl groups excluding tert-OH is 1. The van der Waals surface area contributed by atoms with Gasteiger partial charge in [0, 0.05) is 29.9 Å². The van der Waals surface area contributed by atoms with Crippen LogP contribution in [-0.2, 0) is 0 Å². The number of aromatic nitrogens is 3. The van der Waals surface area contributed by atoms with E-state index in [-0.39, 0.29) is 17.9 Å². The molecule has 2 unspecified atom stereocenters. The minimum atomic E-state index is 0.104. The molecule has 2 heterocycles. The highest BCUT2D eigenvalue weighted by Crippen LogP contribution is 2.20. The van der Waals surface area contributed by atoms with Gasteiger partial charge in [-0.1, -0.05) is 0 Å². The third-order valence-corrected chi connectivity index (χ3v) is 4.29. The van der Waals surface area contributed by atoms with E-state index in [2.05, 4.69) is 31.2 Å². The largest absolute Gasteiger partial charge is 0.395 e. The minimum Gasteiger partial charge on any atom is -0.395 e. The van der Waals surface area contributed by atoms with E-state index in [0.717, 1.165) is 16.1 Å². The Kier molecular flexibility index (Phi) is 4.47. The van der Waals surface area contributed by atoms with Crippen molar-refractivity contribution >= 4 is 39.2 Å². The van der Waals surface area contributed by atoms with Crippen LogP contribution in [0.5, 0.6) is 0 Å². The van der Waals surface area contributed by atoms with Crippen LogP contribution in [0.15, 0.2) is 23.2 Å². The van der Waals surface area contributed by atoms with E-state index in [0.29, 0.717) is 0 Å². The smallest absolute Gasteiger partial charge is 0.180 e. The molecule has 0 aromatic carbocycles. The Hall–Kier alpha value is -0.790. The standard InChI is InChI=1S/C11H15BrN4OS/c1-7(8(6-17)18-2)14-10-11-13-3-4-16(11)5-9(12)15-10/h3-5,7-8,17H,6H2,1-2H3,(H,14,15). The fourth-order valence-corrected chi connectivity index (χ4v) is 2.77. The molecule has 2 aromatic heterocycles. The Bertz CT molecular complexity index is 529. The lowest BCUT2D eigenvalue weighted by Crippen LogP contribution is -2.31. The van der Waals surface area contributed by atoms with Crippen molar-refractivity contribution in [3.63, 3.8) is 0 Å². The summed E-state index contributed by atoms with van der Waals surface area (Å²) in [5.41, 5.74) is 0.780. The summed E-state index contributed by atoms with van der Waals surface area (Å²) in [4.78, 5) is 8.67. The van der Waals surface area contributed by atoms with Gasteiger partial charge in [-0.3, -0.25) is 0 Å². The van der Waals surface area contributed by atoms with E-state index in [4.69, 9.17) is 0 Å². The van der Waals surface area contributed by atoms with Gasteiger partial charge in [-0.2, -0.15) is 11.8 Å². The lowest BCUT2D eigenvalue weighted by atomic mass is 10.2. The zero-order chi connectivity index (χ0) is 13.1. The number of nitrogens with zero attached hydrogens (tertiary/aromatic N) is 3. The second-order valence-corrected chi connectivity index (χ2v) is 5.85. The fourth-order valence-electron chi connectivity index (χ4n) is 1.74. The summed E-state index contributed by atoms with van der Waals surface area (Å²) in [6, 6.07) is 0.104. The van der Waals surface area contributed by atoms with Gasteiger partial charge >= 0.3 is 0 Å². The zero-order valence-corrected chi connectivity index (χ0v) is 12.6. The summed E-state index contributed by atoms with van der Waals surface area (Å²) in [6.07, 6.45) is 7.45. The van der Waals surface area contributed by atoms with E-state index >= 15 is 0 Å². The van der Waals surface area contributed by atoms with Crippen molar-refractivity contribution < 1.29 is 5.11 Å². The van der Waals surface area contributed by atoms with Crippen molar-refractivity contribution in [3.8, 4) is 0 Å². The number of hydrogen-bond acceptors (Lipinski definition) is 5. The molecule has 2 atom stereocenters. The van der Waals surface area contributed by atoms with Crippen LogP contribution in [0, 0.1) is 0 Å². The van der Waals surface area contributed by atoms with Gasteiger partial charge < -0.3 is 14.8 Å². The van der Waals surface area contributed by atoms with Crippen LogP contribution >= 0.6 is 27.7 Å². The van der Waals surface area contributed by atoms with Crippen LogP contribution in [0.3, 0.4) is 0 Å². The molecule has 2 N–H and O–H groups in total. The molecule has 0 bridgehead atoms. The highest BCUT2D eigenvalue weighted by molar-refractivity contribution is 9.10.